The number of fused-ring (bicyclic) bond motifs is 3. The van der Waals surface area contributed by atoms with Gasteiger partial charge < -0.3 is 0 Å². The van der Waals surface area contributed by atoms with Gasteiger partial charge in [0.15, 0.2) is 0 Å². The molecule has 0 saturated carbocycles. The van der Waals surface area contributed by atoms with Gasteiger partial charge in [-0.3, -0.25) is 0 Å². The van der Waals surface area contributed by atoms with Crippen LogP contribution in [-0.4, -0.2) is 0 Å². The lowest BCUT2D eigenvalue weighted by Crippen LogP contribution is -1.66. The lowest BCUT2D eigenvalue weighted by atomic mass is 10.1. The lowest BCUT2D eigenvalue weighted by Gasteiger charge is -1.93. The Morgan fingerprint density at radius 2 is 1.85 bits per heavy atom. The fraction of sp³-hybridized carbons (Fsp3) is 0. The molecule has 0 bridgehead atoms. The molecule has 0 amide bonds. The van der Waals surface area contributed by atoms with Gasteiger partial charge in [-0.15, -0.1) is 11.3 Å². The Bertz CT molecular complexity index is 577. The van der Waals surface area contributed by atoms with E-state index in [4.69, 9.17) is 0 Å². The van der Waals surface area contributed by atoms with E-state index in [-0.39, 0.29) is 0 Å². The van der Waals surface area contributed by atoms with E-state index < -0.39 is 0 Å². The van der Waals surface area contributed by atoms with Gasteiger partial charge >= 0.3 is 0 Å². The monoisotopic (exact) mass is 268 g/mol. The fourth-order valence-corrected chi connectivity index (χ4v) is 3.85. The minimum atomic E-state index is 1.24. The molecule has 1 aromatic carbocycles. The summed E-state index contributed by atoms with van der Waals surface area (Å²) in [6.45, 7) is 0. The minimum Gasteiger partial charge on any atom is -0.151 e. The second-order valence-corrected chi connectivity index (χ2v) is 5.86. The molecule has 0 fully saturated rings. The maximum absolute atomic E-state index is 3.60. The summed E-state index contributed by atoms with van der Waals surface area (Å²) in [6.07, 6.45) is 0. The lowest BCUT2D eigenvalue weighted by molar-refractivity contribution is 1.98. The van der Waals surface area contributed by atoms with Gasteiger partial charge in [0.1, 0.15) is 0 Å². The molecule has 2 aromatic heterocycles. The molecule has 0 spiro atoms. The van der Waals surface area contributed by atoms with Crippen LogP contribution in [0.1, 0.15) is 0 Å². The number of benzene rings is 1. The molecule has 0 aliphatic heterocycles. The largest absolute Gasteiger partial charge is 0.151 e. The van der Waals surface area contributed by atoms with Crippen LogP contribution in [-0.2, 0) is 0 Å². The molecule has 0 saturated heterocycles. The third-order valence-electron chi connectivity index (χ3n) is 2.18. The Morgan fingerprint density at radius 1 is 1.00 bits per heavy atom. The summed E-state index contributed by atoms with van der Waals surface area (Å²) in [5, 5.41) is 12.0. The van der Waals surface area contributed by atoms with Crippen LogP contribution in [0.3, 0.4) is 0 Å². The van der Waals surface area contributed by atoms with Gasteiger partial charge in [-0.2, -0.15) is 11.3 Å². The van der Waals surface area contributed by atoms with Crippen LogP contribution >= 0.6 is 38.6 Å². The van der Waals surface area contributed by atoms with E-state index in [9.17, 15) is 0 Å². The van der Waals surface area contributed by atoms with Gasteiger partial charge in [0.05, 0.1) is 3.79 Å². The summed E-state index contributed by atoms with van der Waals surface area (Å²) in [5.41, 5.74) is 0. The van der Waals surface area contributed by atoms with Crippen molar-refractivity contribution in [2.45, 2.75) is 0 Å². The molecule has 0 nitrogen and oxygen atoms in total. The molecule has 0 N–H and O–H groups in total. The first-order valence-electron chi connectivity index (χ1n) is 3.88. The van der Waals surface area contributed by atoms with Gasteiger partial charge in [0.25, 0.3) is 0 Å². The summed E-state index contributed by atoms with van der Waals surface area (Å²) in [6, 6.07) is 4.37. The Kier molecular flexibility index (Phi) is 1.72. The molecule has 3 heteroatoms. The highest BCUT2D eigenvalue weighted by molar-refractivity contribution is 9.11. The average Bonchev–Trinajstić information content (AvgIpc) is 2.70. The van der Waals surface area contributed by atoms with E-state index in [0.29, 0.717) is 0 Å². The third kappa shape index (κ3) is 1.08. The minimum absolute atomic E-state index is 1.24. The van der Waals surface area contributed by atoms with E-state index in [1.54, 1.807) is 22.7 Å². The Hall–Kier alpha value is -0.380. The SMILES string of the molecule is Brc1scc2ccc3cscc3c12. The number of hydrogen-bond acceptors (Lipinski definition) is 2. The molecule has 0 atom stereocenters. The molecule has 2 heterocycles. The first kappa shape index (κ1) is 7.97. The van der Waals surface area contributed by atoms with E-state index in [2.05, 4.69) is 44.2 Å². The smallest absolute Gasteiger partial charge is 0.0783 e. The van der Waals surface area contributed by atoms with E-state index in [0.717, 1.165) is 0 Å². The normalized spacial score (nSPS) is 11.5. The van der Waals surface area contributed by atoms with Crippen LogP contribution in [0.25, 0.3) is 21.5 Å². The van der Waals surface area contributed by atoms with Crippen LogP contribution in [0, 0.1) is 0 Å². The molecule has 0 aliphatic carbocycles. The standard InChI is InChI=1S/C10H5BrS2/c11-10-9-7(4-13-10)2-1-6-3-12-5-8(6)9/h1-5H. The van der Waals surface area contributed by atoms with Crippen molar-refractivity contribution in [3.8, 4) is 0 Å². The van der Waals surface area contributed by atoms with Crippen molar-refractivity contribution >= 4 is 60.1 Å². The van der Waals surface area contributed by atoms with Gasteiger partial charge in [0, 0.05) is 10.8 Å². The average molecular weight is 269 g/mol. The van der Waals surface area contributed by atoms with Crippen molar-refractivity contribution < 1.29 is 0 Å². The predicted molar refractivity (Wildman–Crippen MR) is 64.9 cm³/mol. The van der Waals surface area contributed by atoms with Crippen molar-refractivity contribution in [2.75, 3.05) is 0 Å². The van der Waals surface area contributed by atoms with E-state index in [1.165, 1.54) is 25.3 Å². The van der Waals surface area contributed by atoms with E-state index >= 15 is 0 Å². The van der Waals surface area contributed by atoms with Crippen molar-refractivity contribution in [1.82, 2.24) is 0 Å². The van der Waals surface area contributed by atoms with Crippen LogP contribution in [0.4, 0.5) is 0 Å². The number of halogens is 1. The maximum Gasteiger partial charge on any atom is 0.0783 e. The first-order chi connectivity index (χ1) is 6.36. The summed E-state index contributed by atoms with van der Waals surface area (Å²) < 4.78 is 1.24. The zero-order chi connectivity index (χ0) is 8.84. The summed E-state index contributed by atoms with van der Waals surface area (Å²) >= 11 is 7.12. The van der Waals surface area contributed by atoms with Gasteiger partial charge in [0.2, 0.25) is 0 Å². The highest BCUT2D eigenvalue weighted by atomic mass is 79.9. The van der Waals surface area contributed by atoms with Crippen molar-refractivity contribution in [3.63, 3.8) is 0 Å². The zero-order valence-corrected chi connectivity index (χ0v) is 9.80. The summed E-state index contributed by atoms with van der Waals surface area (Å²) in [5.74, 6) is 0. The molecule has 3 rings (SSSR count). The molecule has 0 radical (unpaired) electrons. The second kappa shape index (κ2) is 2.80. The molecule has 13 heavy (non-hydrogen) atoms. The first-order valence-corrected chi connectivity index (χ1v) is 6.49. The van der Waals surface area contributed by atoms with Crippen LogP contribution in [0.2, 0.25) is 0 Å². The van der Waals surface area contributed by atoms with Crippen molar-refractivity contribution in [1.29, 1.82) is 0 Å². The fourth-order valence-electron chi connectivity index (χ4n) is 1.55. The van der Waals surface area contributed by atoms with Crippen LogP contribution in [0.15, 0.2) is 32.1 Å². The molecule has 0 unspecified atom stereocenters. The number of hydrogen-bond donors (Lipinski definition) is 0. The van der Waals surface area contributed by atoms with E-state index in [1.807, 2.05) is 0 Å². The Balaban J connectivity index is 2.70. The predicted octanol–water partition coefficient (Wildman–Crippen LogP) is 4.88. The van der Waals surface area contributed by atoms with Crippen LogP contribution < -0.4 is 0 Å². The highest BCUT2D eigenvalue weighted by Crippen LogP contribution is 2.37. The zero-order valence-electron chi connectivity index (χ0n) is 6.58. The summed E-state index contributed by atoms with van der Waals surface area (Å²) in [4.78, 5) is 0. The summed E-state index contributed by atoms with van der Waals surface area (Å²) in [7, 11) is 0. The quantitative estimate of drug-likeness (QED) is 0.545. The van der Waals surface area contributed by atoms with Gasteiger partial charge in [-0.25, -0.2) is 0 Å². The Labute approximate surface area is 91.9 Å². The molecular weight excluding hydrogens is 264 g/mol. The topological polar surface area (TPSA) is 0 Å². The molecule has 3 aromatic rings. The number of thiophene rings is 2. The van der Waals surface area contributed by atoms with Crippen molar-refractivity contribution in [3.05, 3.63) is 32.1 Å². The molecule has 0 aliphatic rings. The molecule has 64 valence electrons. The van der Waals surface area contributed by atoms with Crippen molar-refractivity contribution in [2.24, 2.45) is 0 Å². The molecular formula is C10H5BrS2. The Morgan fingerprint density at radius 3 is 2.77 bits per heavy atom. The van der Waals surface area contributed by atoms with Crippen LogP contribution in [0.5, 0.6) is 0 Å². The second-order valence-electron chi connectivity index (χ2n) is 2.91. The van der Waals surface area contributed by atoms with Gasteiger partial charge in [-0.05, 0) is 42.8 Å². The highest BCUT2D eigenvalue weighted by Gasteiger charge is 2.05. The number of rotatable bonds is 0. The maximum atomic E-state index is 3.60. The van der Waals surface area contributed by atoms with Gasteiger partial charge in [-0.1, -0.05) is 12.1 Å². The third-order valence-corrected chi connectivity index (χ3v) is 4.68.